The first kappa shape index (κ1) is 13.2. The maximum absolute atomic E-state index is 12.9. The highest BCUT2D eigenvalue weighted by molar-refractivity contribution is 4.98. The van der Waals surface area contributed by atoms with Crippen LogP contribution < -0.4 is 5.69 Å². The van der Waals surface area contributed by atoms with Crippen LogP contribution in [0.15, 0.2) is 11.0 Å². The molecular weight excluding hydrogens is 249 g/mol. The number of aliphatic hydroxyl groups excluding tert-OH is 1. The second-order valence-electron chi connectivity index (χ2n) is 4.83. The Labute approximate surface area is 101 Å². The molecule has 2 rings (SSSR count). The molecule has 0 aromatic carbocycles. The lowest BCUT2D eigenvalue weighted by Gasteiger charge is -2.35. The number of H-pyrrole nitrogens is 1. The van der Waals surface area contributed by atoms with Gasteiger partial charge in [0, 0.05) is 11.9 Å². The number of alkyl halides is 3. The number of nitrogens with one attached hydrogen (secondary N) is 1. The van der Waals surface area contributed by atoms with Crippen LogP contribution in [0.4, 0.5) is 13.2 Å². The van der Waals surface area contributed by atoms with Crippen molar-refractivity contribution in [3.63, 3.8) is 0 Å². The van der Waals surface area contributed by atoms with Gasteiger partial charge in [-0.15, -0.1) is 0 Å². The number of aromatic nitrogens is 2. The Balaban J connectivity index is 2.37. The van der Waals surface area contributed by atoms with E-state index < -0.39 is 29.9 Å². The molecule has 4 nitrogen and oxygen atoms in total. The highest BCUT2D eigenvalue weighted by Gasteiger charge is 2.48. The van der Waals surface area contributed by atoms with Crippen molar-refractivity contribution >= 4 is 0 Å². The molecule has 1 aromatic rings. The lowest BCUT2D eigenvalue weighted by molar-refractivity contribution is -0.198. The number of hydrogen-bond donors (Lipinski definition) is 2. The van der Waals surface area contributed by atoms with Gasteiger partial charge in [-0.3, -0.25) is 4.57 Å². The summed E-state index contributed by atoms with van der Waals surface area (Å²) in [6, 6.07) is -1.02. The van der Waals surface area contributed by atoms with Gasteiger partial charge in [-0.05, 0) is 26.2 Å². The molecule has 0 saturated heterocycles. The minimum absolute atomic E-state index is 0.0403. The van der Waals surface area contributed by atoms with Crippen LogP contribution in [-0.4, -0.2) is 26.9 Å². The van der Waals surface area contributed by atoms with Gasteiger partial charge >= 0.3 is 11.9 Å². The maximum atomic E-state index is 12.9. The predicted octanol–water partition coefficient (Wildman–Crippen LogP) is 1.75. The average Bonchev–Trinajstić information content (AvgIpc) is 2.55. The molecule has 3 atom stereocenters. The number of nitrogens with zero attached hydrogens (tertiary/aromatic N) is 1. The van der Waals surface area contributed by atoms with Crippen molar-refractivity contribution in [1.29, 1.82) is 0 Å². The quantitative estimate of drug-likeness (QED) is 0.811. The molecule has 102 valence electrons. The fourth-order valence-corrected chi connectivity index (χ4v) is 2.59. The summed E-state index contributed by atoms with van der Waals surface area (Å²) in [6.07, 6.45) is -3.82. The largest absolute Gasteiger partial charge is 0.393 e. The third-order valence-corrected chi connectivity index (χ3v) is 3.44. The molecule has 7 heteroatoms. The number of hydrogen-bond acceptors (Lipinski definition) is 2. The first-order chi connectivity index (χ1) is 8.29. The number of aryl methyl sites for hydroxylation is 1. The van der Waals surface area contributed by atoms with Gasteiger partial charge in [0.15, 0.2) is 0 Å². The monoisotopic (exact) mass is 264 g/mol. The minimum Gasteiger partial charge on any atom is -0.393 e. The highest BCUT2D eigenvalue weighted by Crippen LogP contribution is 2.43. The van der Waals surface area contributed by atoms with Crippen LogP contribution in [0, 0.1) is 12.8 Å². The molecule has 0 bridgehead atoms. The molecule has 0 aliphatic heterocycles. The summed E-state index contributed by atoms with van der Waals surface area (Å²) in [6.45, 7) is 1.61. The minimum atomic E-state index is -4.35. The lowest BCUT2D eigenvalue weighted by atomic mass is 9.82. The van der Waals surface area contributed by atoms with Crippen molar-refractivity contribution < 1.29 is 18.3 Å². The normalized spacial score (nSPS) is 29.5. The third kappa shape index (κ3) is 2.45. The molecule has 0 amide bonds. The van der Waals surface area contributed by atoms with E-state index in [1.54, 1.807) is 6.92 Å². The van der Waals surface area contributed by atoms with Crippen LogP contribution >= 0.6 is 0 Å². The topological polar surface area (TPSA) is 58.0 Å². The molecule has 0 radical (unpaired) electrons. The fraction of sp³-hybridized carbons (Fsp3) is 0.727. The molecule has 3 unspecified atom stereocenters. The zero-order chi connectivity index (χ0) is 13.5. The molecule has 1 aliphatic rings. The summed E-state index contributed by atoms with van der Waals surface area (Å²) in [7, 11) is 0. The molecule has 1 heterocycles. The number of aromatic amines is 1. The van der Waals surface area contributed by atoms with Crippen molar-refractivity contribution in [3.8, 4) is 0 Å². The number of rotatable bonds is 1. The first-order valence-corrected chi connectivity index (χ1v) is 5.81. The molecule has 1 aromatic heterocycles. The molecule has 1 fully saturated rings. The van der Waals surface area contributed by atoms with E-state index in [1.165, 1.54) is 6.20 Å². The fourth-order valence-electron chi connectivity index (χ4n) is 2.59. The highest BCUT2D eigenvalue weighted by atomic mass is 19.4. The van der Waals surface area contributed by atoms with Crippen molar-refractivity contribution in [2.24, 2.45) is 5.92 Å². The predicted molar refractivity (Wildman–Crippen MR) is 58.2 cm³/mol. The van der Waals surface area contributed by atoms with Gasteiger partial charge in [-0.25, -0.2) is 4.79 Å². The first-order valence-electron chi connectivity index (χ1n) is 5.81. The van der Waals surface area contributed by atoms with Crippen LogP contribution in [0.3, 0.4) is 0 Å². The Morgan fingerprint density at radius 3 is 2.61 bits per heavy atom. The van der Waals surface area contributed by atoms with Gasteiger partial charge in [0.1, 0.15) is 0 Å². The number of imidazole rings is 1. The smallest absolute Gasteiger partial charge is 0.393 e. The van der Waals surface area contributed by atoms with Crippen molar-refractivity contribution in [3.05, 3.63) is 22.4 Å². The molecule has 0 spiro atoms. The zero-order valence-electron chi connectivity index (χ0n) is 9.87. The Morgan fingerprint density at radius 1 is 1.44 bits per heavy atom. The molecule has 2 N–H and O–H groups in total. The summed E-state index contributed by atoms with van der Waals surface area (Å²) < 4.78 is 39.9. The molecule has 18 heavy (non-hydrogen) atoms. The summed E-state index contributed by atoms with van der Waals surface area (Å²) >= 11 is 0. The van der Waals surface area contributed by atoms with Gasteiger partial charge in [0.25, 0.3) is 0 Å². The van der Waals surface area contributed by atoms with Crippen molar-refractivity contribution in [1.82, 2.24) is 9.55 Å². The third-order valence-electron chi connectivity index (χ3n) is 3.44. The number of aliphatic hydroxyl groups is 1. The van der Waals surface area contributed by atoms with E-state index in [4.69, 9.17) is 0 Å². The second kappa shape index (κ2) is 4.46. The van der Waals surface area contributed by atoms with Gasteiger partial charge in [-0.1, -0.05) is 0 Å². The van der Waals surface area contributed by atoms with Gasteiger partial charge in [0.05, 0.1) is 18.1 Å². The van der Waals surface area contributed by atoms with E-state index >= 15 is 0 Å². The van der Waals surface area contributed by atoms with Crippen LogP contribution in [0.25, 0.3) is 0 Å². The van der Waals surface area contributed by atoms with Crippen molar-refractivity contribution in [2.75, 3.05) is 0 Å². The van der Waals surface area contributed by atoms with Crippen LogP contribution in [0.5, 0.6) is 0 Å². The van der Waals surface area contributed by atoms with Crippen LogP contribution in [0.1, 0.15) is 31.0 Å². The standard InChI is InChI=1S/C11H15F3N2O2/c1-6-5-16(10(18)15-6)9-4-7(17)2-3-8(9)11(12,13)14/h5,7-9,17H,2-4H2,1H3,(H,15,18). The Bertz CT molecular complexity index is 477. The van der Waals surface area contributed by atoms with Gasteiger partial charge < -0.3 is 10.1 Å². The molecule has 1 aliphatic carbocycles. The second-order valence-corrected chi connectivity index (χ2v) is 4.83. The maximum Gasteiger partial charge on any atom is 0.393 e. The van der Waals surface area contributed by atoms with E-state index in [9.17, 15) is 23.1 Å². The van der Waals surface area contributed by atoms with E-state index in [1.807, 2.05) is 0 Å². The summed E-state index contributed by atoms with van der Waals surface area (Å²) in [5, 5.41) is 9.53. The van der Waals surface area contributed by atoms with E-state index in [0.29, 0.717) is 5.69 Å². The summed E-state index contributed by atoms with van der Waals surface area (Å²) in [5.74, 6) is -1.58. The van der Waals surface area contributed by atoms with Gasteiger partial charge in [0.2, 0.25) is 0 Å². The van der Waals surface area contributed by atoms with Crippen molar-refractivity contribution in [2.45, 2.75) is 44.5 Å². The van der Waals surface area contributed by atoms with Gasteiger partial charge in [-0.2, -0.15) is 13.2 Å². The molecule has 1 saturated carbocycles. The van der Waals surface area contributed by atoms with E-state index in [-0.39, 0.29) is 19.3 Å². The SMILES string of the molecule is Cc1cn(C2CC(O)CCC2C(F)(F)F)c(=O)[nH]1. The number of halogens is 3. The summed E-state index contributed by atoms with van der Waals surface area (Å²) in [5.41, 5.74) is -0.0400. The summed E-state index contributed by atoms with van der Waals surface area (Å²) in [4.78, 5) is 14.0. The van der Waals surface area contributed by atoms with Crippen LogP contribution in [0.2, 0.25) is 0 Å². The lowest BCUT2D eigenvalue weighted by Crippen LogP contribution is -2.41. The van der Waals surface area contributed by atoms with E-state index in [2.05, 4.69) is 4.98 Å². The molecular formula is C11H15F3N2O2. The average molecular weight is 264 g/mol. The Kier molecular flexibility index (Phi) is 3.27. The Morgan fingerprint density at radius 2 is 2.11 bits per heavy atom. The van der Waals surface area contributed by atoms with E-state index in [0.717, 1.165) is 4.57 Å². The van der Waals surface area contributed by atoms with Crippen LogP contribution in [-0.2, 0) is 0 Å². The zero-order valence-corrected chi connectivity index (χ0v) is 9.87. The Hall–Kier alpha value is -1.24.